The number of nitrogens with zero attached hydrogens (tertiary/aromatic N) is 2. The molecule has 2 N–H and O–H groups in total. The molecule has 0 aliphatic heterocycles. The van der Waals surface area contributed by atoms with Gasteiger partial charge in [-0.3, -0.25) is 14.8 Å². The van der Waals surface area contributed by atoms with Gasteiger partial charge in [0.15, 0.2) is 0 Å². The number of pyridine rings is 2. The maximum atomic E-state index is 12.4. The fourth-order valence-electron chi connectivity index (χ4n) is 2.28. The minimum atomic E-state index is -0.255. The molecule has 0 bridgehead atoms. The van der Waals surface area contributed by atoms with Crippen molar-refractivity contribution in [3.05, 3.63) is 82.3 Å². The van der Waals surface area contributed by atoms with Crippen LogP contribution in [0.1, 0.15) is 21.6 Å². The van der Waals surface area contributed by atoms with Crippen molar-refractivity contribution in [1.29, 1.82) is 0 Å². The van der Waals surface area contributed by atoms with Crippen LogP contribution in [0, 0.1) is 6.92 Å². The molecular weight excluding hydrogens is 380 g/mol. The van der Waals surface area contributed by atoms with Crippen molar-refractivity contribution in [2.75, 3.05) is 10.6 Å². The number of benzene rings is 1. The summed E-state index contributed by atoms with van der Waals surface area (Å²) in [6.07, 6.45) is 5.16. The largest absolute Gasteiger partial charge is 0.381 e. The van der Waals surface area contributed by atoms with Crippen LogP contribution < -0.4 is 10.6 Å². The van der Waals surface area contributed by atoms with E-state index in [0.717, 1.165) is 21.3 Å². The first kappa shape index (κ1) is 17.1. The number of nitrogens with one attached hydrogen (secondary N) is 2. The lowest BCUT2D eigenvalue weighted by atomic mass is 10.2. The predicted octanol–water partition coefficient (Wildman–Crippen LogP) is 4.41. The highest BCUT2D eigenvalue weighted by molar-refractivity contribution is 9.10. The first-order valence-electron chi connectivity index (χ1n) is 7.78. The van der Waals surface area contributed by atoms with Crippen LogP contribution in [-0.2, 0) is 6.54 Å². The monoisotopic (exact) mass is 396 g/mol. The SMILES string of the molecule is Cc1ccc(NC(=O)c2cc(NCc3cccnc3)ccn2)c(Br)c1. The summed E-state index contributed by atoms with van der Waals surface area (Å²) in [4.78, 5) is 20.7. The number of halogens is 1. The van der Waals surface area contributed by atoms with Gasteiger partial charge in [0, 0.05) is 35.3 Å². The summed E-state index contributed by atoms with van der Waals surface area (Å²) in [5.41, 5.74) is 4.07. The number of aryl methyl sites for hydroxylation is 1. The number of carbonyl (C=O) groups is 1. The lowest BCUT2D eigenvalue weighted by Crippen LogP contribution is -2.14. The molecule has 126 valence electrons. The minimum absolute atomic E-state index is 0.255. The Morgan fingerprint density at radius 3 is 2.80 bits per heavy atom. The fraction of sp³-hybridized carbons (Fsp3) is 0.105. The van der Waals surface area contributed by atoms with E-state index in [2.05, 4.69) is 36.5 Å². The molecule has 0 radical (unpaired) electrons. The van der Waals surface area contributed by atoms with E-state index in [1.165, 1.54) is 0 Å². The van der Waals surface area contributed by atoms with Gasteiger partial charge in [-0.1, -0.05) is 12.1 Å². The predicted molar refractivity (Wildman–Crippen MR) is 103 cm³/mol. The lowest BCUT2D eigenvalue weighted by molar-refractivity contribution is 0.102. The Bertz CT molecular complexity index is 884. The molecule has 0 aliphatic carbocycles. The minimum Gasteiger partial charge on any atom is -0.381 e. The molecule has 2 heterocycles. The summed E-state index contributed by atoms with van der Waals surface area (Å²) in [7, 11) is 0. The third kappa shape index (κ3) is 4.64. The molecule has 1 amide bonds. The number of hydrogen-bond donors (Lipinski definition) is 2. The molecule has 0 atom stereocenters. The second-order valence-electron chi connectivity index (χ2n) is 5.58. The molecule has 0 spiro atoms. The van der Waals surface area contributed by atoms with Crippen LogP contribution in [0.25, 0.3) is 0 Å². The molecule has 3 aromatic rings. The van der Waals surface area contributed by atoms with E-state index in [4.69, 9.17) is 0 Å². The molecule has 0 unspecified atom stereocenters. The molecule has 6 heteroatoms. The maximum absolute atomic E-state index is 12.4. The highest BCUT2D eigenvalue weighted by Crippen LogP contribution is 2.24. The van der Waals surface area contributed by atoms with Gasteiger partial charge >= 0.3 is 0 Å². The quantitative estimate of drug-likeness (QED) is 0.669. The summed E-state index contributed by atoms with van der Waals surface area (Å²) in [6.45, 7) is 2.62. The van der Waals surface area contributed by atoms with Crippen molar-refractivity contribution in [2.45, 2.75) is 13.5 Å². The van der Waals surface area contributed by atoms with Gasteiger partial charge in [-0.15, -0.1) is 0 Å². The zero-order chi connectivity index (χ0) is 17.6. The normalized spacial score (nSPS) is 10.3. The molecule has 1 aromatic carbocycles. The van der Waals surface area contributed by atoms with E-state index in [9.17, 15) is 4.79 Å². The van der Waals surface area contributed by atoms with E-state index in [0.29, 0.717) is 17.9 Å². The van der Waals surface area contributed by atoms with Crippen LogP contribution in [0.2, 0.25) is 0 Å². The maximum Gasteiger partial charge on any atom is 0.274 e. The molecule has 0 aliphatic rings. The first-order valence-corrected chi connectivity index (χ1v) is 8.57. The zero-order valence-electron chi connectivity index (χ0n) is 13.7. The topological polar surface area (TPSA) is 66.9 Å². The molecule has 25 heavy (non-hydrogen) atoms. The summed E-state index contributed by atoms with van der Waals surface area (Å²) in [5, 5.41) is 6.14. The number of rotatable bonds is 5. The Morgan fingerprint density at radius 1 is 1.16 bits per heavy atom. The average molecular weight is 397 g/mol. The highest BCUT2D eigenvalue weighted by atomic mass is 79.9. The third-order valence-electron chi connectivity index (χ3n) is 3.58. The van der Waals surface area contributed by atoms with Crippen LogP contribution in [0.5, 0.6) is 0 Å². The molecule has 2 aromatic heterocycles. The Morgan fingerprint density at radius 2 is 2.04 bits per heavy atom. The van der Waals surface area contributed by atoms with Gasteiger partial charge in [0.1, 0.15) is 5.69 Å². The van der Waals surface area contributed by atoms with E-state index in [1.54, 1.807) is 24.7 Å². The number of amides is 1. The Kier molecular flexibility index (Phi) is 5.40. The summed E-state index contributed by atoms with van der Waals surface area (Å²) in [5.74, 6) is -0.255. The van der Waals surface area contributed by atoms with Crippen LogP contribution in [-0.4, -0.2) is 15.9 Å². The highest BCUT2D eigenvalue weighted by Gasteiger charge is 2.10. The smallest absolute Gasteiger partial charge is 0.274 e. The van der Waals surface area contributed by atoms with Crippen LogP contribution in [0.4, 0.5) is 11.4 Å². The van der Waals surface area contributed by atoms with Crippen LogP contribution >= 0.6 is 15.9 Å². The second kappa shape index (κ2) is 7.90. The molecule has 5 nitrogen and oxygen atoms in total. The number of aromatic nitrogens is 2. The number of anilines is 2. The Balaban J connectivity index is 1.69. The summed E-state index contributed by atoms with van der Waals surface area (Å²) in [6, 6.07) is 13.2. The van der Waals surface area contributed by atoms with Crippen molar-refractivity contribution in [3.8, 4) is 0 Å². The van der Waals surface area contributed by atoms with E-state index in [1.807, 2.05) is 43.3 Å². The van der Waals surface area contributed by atoms with Crippen LogP contribution in [0.15, 0.2) is 65.5 Å². The molecular formula is C19H17BrN4O. The van der Waals surface area contributed by atoms with E-state index >= 15 is 0 Å². The standard InChI is InChI=1S/C19H17BrN4O/c1-13-4-5-17(16(20)9-13)24-19(25)18-10-15(6-8-22-18)23-12-14-3-2-7-21-11-14/h2-11H,12H2,1H3,(H,22,23)(H,24,25). The Labute approximate surface area is 154 Å². The molecule has 3 rings (SSSR count). The van der Waals surface area contributed by atoms with Crippen molar-refractivity contribution in [1.82, 2.24) is 9.97 Å². The van der Waals surface area contributed by atoms with E-state index in [-0.39, 0.29) is 5.91 Å². The van der Waals surface area contributed by atoms with Gasteiger partial charge in [0.2, 0.25) is 0 Å². The third-order valence-corrected chi connectivity index (χ3v) is 4.24. The van der Waals surface area contributed by atoms with Crippen LogP contribution in [0.3, 0.4) is 0 Å². The van der Waals surface area contributed by atoms with Crippen molar-refractivity contribution in [3.63, 3.8) is 0 Å². The second-order valence-corrected chi connectivity index (χ2v) is 6.44. The number of hydrogen-bond acceptors (Lipinski definition) is 4. The molecule has 0 saturated heterocycles. The van der Waals surface area contributed by atoms with Gasteiger partial charge in [0.25, 0.3) is 5.91 Å². The first-order chi connectivity index (χ1) is 12.1. The number of carbonyl (C=O) groups excluding carboxylic acids is 1. The molecule has 0 fully saturated rings. The summed E-state index contributed by atoms with van der Waals surface area (Å²) >= 11 is 3.46. The van der Waals surface area contributed by atoms with Gasteiger partial charge < -0.3 is 10.6 Å². The lowest BCUT2D eigenvalue weighted by Gasteiger charge is -2.10. The average Bonchev–Trinajstić information content (AvgIpc) is 2.63. The fourth-order valence-corrected chi connectivity index (χ4v) is 2.87. The van der Waals surface area contributed by atoms with Gasteiger partial charge in [-0.2, -0.15) is 0 Å². The van der Waals surface area contributed by atoms with Crippen molar-refractivity contribution < 1.29 is 4.79 Å². The van der Waals surface area contributed by atoms with Gasteiger partial charge in [-0.25, -0.2) is 0 Å². The molecule has 0 saturated carbocycles. The Hall–Kier alpha value is -2.73. The van der Waals surface area contributed by atoms with Crippen molar-refractivity contribution in [2.24, 2.45) is 0 Å². The van der Waals surface area contributed by atoms with Gasteiger partial charge in [-0.05, 0) is 64.3 Å². The summed E-state index contributed by atoms with van der Waals surface area (Å²) < 4.78 is 0.840. The van der Waals surface area contributed by atoms with Gasteiger partial charge in [0.05, 0.1) is 5.69 Å². The zero-order valence-corrected chi connectivity index (χ0v) is 15.2. The van der Waals surface area contributed by atoms with E-state index < -0.39 is 0 Å². The van der Waals surface area contributed by atoms with Crippen molar-refractivity contribution >= 4 is 33.2 Å².